The molecule has 0 fully saturated rings. The number of rotatable bonds is 7. The molecule has 0 aliphatic heterocycles. The molecule has 0 saturated carbocycles. The number of amides is 1. The number of nitrogen functional groups attached to an aromatic ring is 1. The van der Waals surface area contributed by atoms with E-state index in [1.165, 1.54) is 0 Å². The van der Waals surface area contributed by atoms with Crippen LogP contribution in [0.25, 0.3) is 0 Å². The molecule has 18 heavy (non-hydrogen) atoms. The first-order valence-electron chi connectivity index (χ1n) is 5.95. The second-order valence-electron chi connectivity index (χ2n) is 4.10. The fraction of sp³-hybridized carbons (Fsp3) is 0.462. The van der Waals surface area contributed by atoms with Gasteiger partial charge in [-0.3, -0.25) is 4.79 Å². The minimum atomic E-state index is -0.189. The molecule has 3 N–H and O–H groups in total. The van der Waals surface area contributed by atoms with Gasteiger partial charge in [-0.1, -0.05) is 12.1 Å². The maximum atomic E-state index is 11.4. The van der Waals surface area contributed by atoms with Crippen LogP contribution < -0.4 is 15.8 Å². The Kier molecular flexibility index (Phi) is 6.00. The van der Waals surface area contributed by atoms with Crippen LogP contribution in [0.1, 0.15) is 13.8 Å². The van der Waals surface area contributed by atoms with Crippen molar-refractivity contribution in [2.24, 2.45) is 0 Å². The van der Waals surface area contributed by atoms with Gasteiger partial charge in [-0.2, -0.15) is 0 Å². The van der Waals surface area contributed by atoms with Crippen molar-refractivity contribution in [3.8, 4) is 5.75 Å². The Balaban J connectivity index is 2.19. The van der Waals surface area contributed by atoms with E-state index in [2.05, 4.69) is 5.32 Å². The predicted molar refractivity (Wildman–Crippen MR) is 70.4 cm³/mol. The van der Waals surface area contributed by atoms with Gasteiger partial charge in [0.15, 0.2) is 6.61 Å². The average Bonchev–Trinajstić information content (AvgIpc) is 2.33. The van der Waals surface area contributed by atoms with E-state index in [0.717, 1.165) is 0 Å². The fourth-order valence-corrected chi connectivity index (χ4v) is 1.29. The molecule has 0 atom stereocenters. The summed E-state index contributed by atoms with van der Waals surface area (Å²) in [5.74, 6) is 0.330. The number of benzene rings is 1. The Morgan fingerprint density at radius 2 is 2.11 bits per heavy atom. The number of nitrogens with one attached hydrogen (secondary N) is 1. The van der Waals surface area contributed by atoms with Crippen LogP contribution in [0.15, 0.2) is 24.3 Å². The minimum Gasteiger partial charge on any atom is -0.482 e. The maximum Gasteiger partial charge on any atom is 0.258 e. The lowest BCUT2D eigenvalue weighted by molar-refractivity contribution is -0.123. The molecule has 0 unspecified atom stereocenters. The number of nitrogens with two attached hydrogens (primary N) is 1. The van der Waals surface area contributed by atoms with Crippen LogP contribution in [-0.4, -0.2) is 31.8 Å². The molecule has 5 heteroatoms. The molecule has 0 spiro atoms. The lowest BCUT2D eigenvalue weighted by Gasteiger charge is -2.10. The first-order valence-corrected chi connectivity index (χ1v) is 5.95. The SMILES string of the molecule is CC(C)OCCNC(=O)COc1ccccc1N. The first-order chi connectivity index (χ1) is 8.59. The van der Waals surface area contributed by atoms with Crippen LogP contribution in [0.4, 0.5) is 5.69 Å². The summed E-state index contributed by atoms with van der Waals surface area (Å²) in [5.41, 5.74) is 6.21. The van der Waals surface area contributed by atoms with Gasteiger partial charge in [0.05, 0.1) is 18.4 Å². The number of carbonyl (C=O) groups excluding carboxylic acids is 1. The normalized spacial score (nSPS) is 10.4. The molecule has 0 aliphatic carbocycles. The summed E-state index contributed by atoms with van der Waals surface area (Å²) in [4.78, 5) is 11.4. The number of anilines is 1. The number of hydrogen-bond acceptors (Lipinski definition) is 4. The van der Waals surface area contributed by atoms with E-state index in [4.69, 9.17) is 15.2 Å². The van der Waals surface area contributed by atoms with E-state index in [9.17, 15) is 4.79 Å². The maximum absolute atomic E-state index is 11.4. The molecule has 1 aromatic carbocycles. The molecule has 1 aromatic rings. The molecule has 1 rings (SSSR count). The Morgan fingerprint density at radius 3 is 2.78 bits per heavy atom. The topological polar surface area (TPSA) is 73.6 Å². The zero-order valence-electron chi connectivity index (χ0n) is 10.8. The molecule has 0 radical (unpaired) electrons. The van der Waals surface area contributed by atoms with Gasteiger partial charge in [-0.15, -0.1) is 0 Å². The summed E-state index contributed by atoms with van der Waals surface area (Å²) < 4.78 is 10.6. The highest BCUT2D eigenvalue weighted by Gasteiger charge is 2.04. The minimum absolute atomic E-state index is 0.0457. The smallest absolute Gasteiger partial charge is 0.258 e. The van der Waals surface area contributed by atoms with Crippen molar-refractivity contribution >= 4 is 11.6 Å². The molecule has 0 aromatic heterocycles. The van der Waals surface area contributed by atoms with Crippen LogP contribution in [0, 0.1) is 0 Å². The molecule has 0 saturated heterocycles. The van der Waals surface area contributed by atoms with Crippen molar-refractivity contribution in [2.75, 3.05) is 25.5 Å². The molecule has 0 bridgehead atoms. The van der Waals surface area contributed by atoms with Gasteiger partial charge in [-0.05, 0) is 26.0 Å². The highest BCUT2D eigenvalue weighted by Crippen LogP contribution is 2.19. The number of carbonyl (C=O) groups is 1. The van der Waals surface area contributed by atoms with Crippen molar-refractivity contribution in [1.82, 2.24) is 5.32 Å². The molecular weight excluding hydrogens is 232 g/mol. The van der Waals surface area contributed by atoms with Gasteiger partial charge in [0.1, 0.15) is 5.75 Å². The molecule has 5 nitrogen and oxygen atoms in total. The Bertz CT molecular complexity index is 380. The van der Waals surface area contributed by atoms with E-state index in [-0.39, 0.29) is 18.6 Å². The Morgan fingerprint density at radius 1 is 1.39 bits per heavy atom. The van der Waals surface area contributed by atoms with Crippen molar-refractivity contribution in [3.63, 3.8) is 0 Å². The monoisotopic (exact) mass is 252 g/mol. The largest absolute Gasteiger partial charge is 0.482 e. The van der Waals surface area contributed by atoms with Crippen LogP contribution in [0.5, 0.6) is 5.75 Å². The average molecular weight is 252 g/mol. The van der Waals surface area contributed by atoms with Gasteiger partial charge in [0.2, 0.25) is 0 Å². The summed E-state index contributed by atoms with van der Waals surface area (Å²) >= 11 is 0. The van der Waals surface area contributed by atoms with E-state index < -0.39 is 0 Å². The quantitative estimate of drug-likeness (QED) is 0.564. The second-order valence-corrected chi connectivity index (χ2v) is 4.10. The van der Waals surface area contributed by atoms with Gasteiger partial charge >= 0.3 is 0 Å². The Hall–Kier alpha value is -1.75. The van der Waals surface area contributed by atoms with Crippen LogP contribution in [-0.2, 0) is 9.53 Å². The predicted octanol–water partition coefficient (Wildman–Crippen LogP) is 1.19. The lowest BCUT2D eigenvalue weighted by Crippen LogP contribution is -2.32. The zero-order valence-corrected chi connectivity index (χ0v) is 10.8. The van der Waals surface area contributed by atoms with Crippen LogP contribution in [0.2, 0.25) is 0 Å². The standard InChI is InChI=1S/C13H20N2O3/c1-10(2)17-8-7-15-13(16)9-18-12-6-4-3-5-11(12)14/h3-6,10H,7-9,14H2,1-2H3,(H,15,16). The Labute approximate surface area is 107 Å². The van der Waals surface area contributed by atoms with E-state index in [1.54, 1.807) is 18.2 Å². The molecular formula is C13H20N2O3. The van der Waals surface area contributed by atoms with E-state index >= 15 is 0 Å². The zero-order chi connectivity index (χ0) is 13.4. The summed E-state index contributed by atoms with van der Waals surface area (Å²) in [6.07, 6.45) is 0.169. The third-order valence-electron chi connectivity index (χ3n) is 2.15. The van der Waals surface area contributed by atoms with Gasteiger partial charge in [0, 0.05) is 6.54 Å². The number of hydrogen-bond donors (Lipinski definition) is 2. The van der Waals surface area contributed by atoms with E-state index in [0.29, 0.717) is 24.6 Å². The van der Waals surface area contributed by atoms with Crippen LogP contribution >= 0.6 is 0 Å². The second kappa shape index (κ2) is 7.55. The molecule has 0 heterocycles. The highest BCUT2D eigenvalue weighted by molar-refractivity contribution is 5.77. The van der Waals surface area contributed by atoms with Crippen molar-refractivity contribution in [2.45, 2.75) is 20.0 Å². The summed E-state index contributed by atoms with van der Waals surface area (Å²) in [5, 5.41) is 2.70. The third kappa shape index (κ3) is 5.54. The molecule has 0 aliphatic rings. The molecule has 1 amide bonds. The van der Waals surface area contributed by atoms with Crippen LogP contribution in [0.3, 0.4) is 0 Å². The van der Waals surface area contributed by atoms with Gasteiger partial charge in [0.25, 0.3) is 5.91 Å². The van der Waals surface area contributed by atoms with Crippen molar-refractivity contribution in [1.29, 1.82) is 0 Å². The summed E-state index contributed by atoms with van der Waals surface area (Å²) in [6.45, 7) is 4.82. The van der Waals surface area contributed by atoms with E-state index in [1.807, 2.05) is 19.9 Å². The molecule has 100 valence electrons. The number of para-hydroxylation sites is 2. The fourth-order valence-electron chi connectivity index (χ4n) is 1.29. The van der Waals surface area contributed by atoms with Crippen molar-refractivity contribution in [3.05, 3.63) is 24.3 Å². The first kappa shape index (κ1) is 14.3. The summed E-state index contributed by atoms with van der Waals surface area (Å²) in [7, 11) is 0. The lowest BCUT2D eigenvalue weighted by atomic mass is 10.3. The number of ether oxygens (including phenoxy) is 2. The summed E-state index contributed by atoms with van der Waals surface area (Å²) in [6, 6.07) is 7.07. The van der Waals surface area contributed by atoms with Gasteiger partial charge < -0.3 is 20.5 Å². The third-order valence-corrected chi connectivity index (χ3v) is 2.15. The highest BCUT2D eigenvalue weighted by atomic mass is 16.5. The van der Waals surface area contributed by atoms with Crippen molar-refractivity contribution < 1.29 is 14.3 Å². The van der Waals surface area contributed by atoms with Gasteiger partial charge in [-0.25, -0.2) is 0 Å².